The topological polar surface area (TPSA) is 107 Å². The van der Waals surface area contributed by atoms with Crippen LogP contribution in [0.5, 0.6) is 0 Å². The molecule has 2 aromatic carbocycles. The maximum atomic E-state index is 13.0. The first-order chi connectivity index (χ1) is 13.8. The molecule has 7 nitrogen and oxygen atoms in total. The van der Waals surface area contributed by atoms with E-state index in [1.165, 1.54) is 4.68 Å². The van der Waals surface area contributed by atoms with Crippen molar-refractivity contribution in [2.24, 2.45) is 12.8 Å². The van der Waals surface area contributed by atoms with Crippen molar-refractivity contribution in [1.82, 2.24) is 15.1 Å². The zero-order valence-corrected chi connectivity index (χ0v) is 16.3. The number of rotatable bonds is 7. The van der Waals surface area contributed by atoms with E-state index < -0.39 is 23.6 Å². The van der Waals surface area contributed by atoms with E-state index in [4.69, 9.17) is 5.73 Å². The Morgan fingerprint density at radius 1 is 1.10 bits per heavy atom. The van der Waals surface area contributed by atoms with Crippen molar-refractivity contribution in [3.63, 3.8) is 0 Å². The van der Waals surface area contributed by atoms with Crippen molar-refractivity contribution in [2.45, 2.75) is 19.4 Å². The van der Waals surface area contributed by atoms with Gasteiger partial charge in [-0.15, -0.1) is 0 Å². The normalized spacial score (nSPS) is 11.7. The predicted octanol–water partition coefficient (Wildman–Crippen LogP) is 1.79. The molecule has 29 heavy (non-hydrogen) atoms. The van der Waals surface area contributed by atoms with Crippen LogP contribution in [0.1, 0.15) is 21.5 Å². The third-order valence-electron chi connectivity index (χ3n) is 4.51. The fourth-order valence-electron chi connectivity index (χ4n) is 3.16. The highest BCUT2D eigenvalue weighted by atomic mass is 16.2. The van der Waals surface area contributed by atoms with Crippen LogP contribution >= 0.6 is 0 Å². The lowest BCUT2D eigenvalue weighted by Gasteiger charge is -2.16. The van der Waals surface area contributed by atoms with Crippen molar-refractivity contribution >= 4 is 17.6 Å². The number of hydrogen-bond acceptors (Lipinski definition) is 4. The summed E-state index contributed by atoms with van der Waals surface area (Å²) in [6, 6.07) is 15.7. The van der Waals surface area contributed by atoms with E-state index in [2.05, 4.69) is 10.4 Å². The number of ketones is 1. The monoisotopic (exact) mass is 390 g/mol. The highest BCUT2D eigenvalue weighted by molar-refractivity contribution is 6.38. The number of nitrogens with zero attached hydrogens (tertiary/aromatic N) is 2. The number of nitrogens with one attached hydrogen (secondary N) is 1. The van der Waals surface area contributed by atoms with Crippen molar-refractivity contribution in [3.8, 4) is 11.3 Å². The first kappa shape index (κ1) is 20.0. The Bertz CT molecular complexity index is 1060. The average molecular weight is 390 g/mol. The van der Waals surface area contributed by atoms with Crippen molar-refractivity contribution < 1.29 is 14.4 Å². The minimum Gasteiger partial charge on any atom is -0.363 e. The second-order valence-electron chi connectivity index (χ2n) is 6.88. The van der Waals surface area contributed by atoms with Gasteiger partial charge in [0.15, 0.2) is 0 Å². The van der Waals surface area contributed by atoms with Gasteiger partial charge < -0.3 is 11.1 Å². The van der Waals surface area contributed by atoms with Crippen LogP contribution in [-0.4, -0.2) is 33.4 Å². The second-order valence-corrected chi connectivity index (χ2v) is 6.88. The minimum atomic E-state index is -1.09. The smallest absolute Gasteiger partial charge is 0.287 e. The Morgan fingerprint density at radius 2 is 1.83 bits per heavy atom. The van der Waals surface area contributed by atoms with E-state index in [1.54, 1.807) is 13.2 Å². The molecule has 0 aliphatic rings. The van der Waals surface area contributed by atoms with Gasteiger partial charge >= 0.3 is 0 Å². The van der Waals surface area contributed by atoms with Crippen LogP contribution in [0, 0.1) is 6.92 Å². The van der Waals surface area contributed by atoms with Gasteiger partial charge in [-0.3, -0.25) is 19.1 Å². The van der Waals surface area contributed by atoms with Gasteiger partial charge in [0, 0.05) is 25.2 Å². The number of amides is 2. The lowest BCUT2D eigenvalue weighted by molar-refractivity contribution is -0.137. The molecule has 0 saturated carbocycles. The van der Waals surface area contributed by atoms with Gasteiger partial charge in [-0.1, -0.05) is 60.2 Å². The number of carbonyl (C=O) groups excluding carboxylic acids is 3. The molecule has 0 fully saturated rings. The van der Waals surface area contributed by atoms with Crippen molar-refractivity contribution in [1.29, 1.82) is 0 Å². The van der Waals surface area contributed by atoms with Crippen LogP contribution in [0.25, 0.3) is 11.3 Å². The van der Waals surface area contributed by atoms with E-state index >= 15 is 0 Å². The van der Waals surface area contributed by atoms with Crippen LogP contribution in [0.3, 0.4) is 0 Å². The molecular weight excluding hydrogens is 368 g/mol. The molecule has 3 N–H and O–H groups in total. The summed E-state index contributed by atoms with van der Waals surface area (Å²) in [5, 5.41) is 7.03. The van der Waals surface area contributed by atoms with Crippen LogP contribution in [0.15, 0.2) is 60.8 Å². The summed E-state index contributed by atoms with van der Waals surface area (Å²) >= 11 is 0. The van der Waals surface area contributed by atoms with E-state index in [9.17, 15) is 14.4 Å². The van der Waals surface area contributed by atoms with Crippen molar-refractivity contribution in [3.05, 3.63) is 77.5 Å². The Balaban J connectivity index is 1.89. The molecular formula is C22H22N4O3. The number of benzene rings is 2. The Hall–Kier alpha value is -3.74. The van der Waals surface area contributed by atoms with Gasteiger partial charge in [-0.05, 0) is 12.5 Å². The number of nitrogens with two attached hydrogens (primary N) is 1. The van der Waals surface area contributed by atoms with Gasteiger partial charge in [-0.25, -0.2) is 0 Å². The lowest BCUT2D eigenvalue weighted by Crippen LogP contribution is -2.47. The highest BCUT2D eigenvalue weighted by Crippen LogP contribution is 2.21. The number of hydrogen-bond donors (Lipinski definition) is 2. The summed E-state index contributed by atoms with van der Waals surface area (Å²) in [4.78, 5) is 36.8. The Labute approximate surface area is 168 Å². The van der Waals surface area contributed by atoms with Gasteiger partial charge in [0.2, 0.25) is 5.78 Å². The van der Waals surface area contributed by atoms with Gasteiger partial charge in [-0.2, -0.15) is 5.10 Å². The molecule has 0 aliphatic carbocycles. The van der Waals surface area contributed by atoms with E-state index in [-0.39, 0.29) is 6.42 Å². The maximum Gasteiger partial charge on any atom is 0.287 e. The SMILES string of the molecule is Cc1cccc(CC(NC(=O)c2cn(C)nc2-c2ccccc2)C(=O)C(N)=O)c1. The van der Waals surface area contributed by atoms with E-state index in [0.29, 0.717) is 11.3 Å². The molecule has 1 aromatic heterocycles. The second kappa shape index (κ2) is 8.52. The zero-order valence-electron chi connectivity index (χ0n) is 16.3. The predicted molar refractivity (Wildman–Crippen MR) is 109 cm³/mol. The first-order valence-electron chi connectivity index (χ1n) is 9.14. The molecule has 0 spiro atoms. The fourth-order valence-corrected chi connectivity index (χ4v) is 3.16. The van der Waals surface area contributed by atoms with Crippen LogP contribution in [0.2, 0.25) is 0 Å². The summed E-state index contributed by atoms with van der Waals surface area (Å²) in [5.74, 6) is -2.42. The molecule has 0 bridgehead atoms. The van der Waals surface area contributed by atoms with E-state index in [0.717, 1.165) is 16.7 Å². The summed E-state index contributed by atoms with van der Waals surface area (Å²) in [7, 11) is 1.71. The largest absolute Gasteiger partial charge is 0.363 e. The molecule has 0 radical (unpaired) electrons. The summed E-state index contributed by atoms with van der Waals surface area (Å²) in [5.41, 5.74) is 8.61. The van der Waals surface area contributed by atoms with Crippen LogP contribution in [-0.2, 0) is 23.1 Å². The number of aryl methyl sites for hydroxylation is 2. The summed E-state index contributed by atoms with van der Waals surface area (Å²) in [6.45, 7) is 1.93. The first-order valence-corrected chi connectivity index (χ1v) is 9.14. The third-order valence-corrected chi connectivity index (χ3v) is 4.51. The van der Waals surface area contributed by atoms with Crippen molar-refractivity contribution in [2.75, 3.05) is 0 Å². The molecule has 2 amide bonds. The molecule has 0 aliphatic heterocycles. The quantitative estimate of drug-likeness (QED) is 0.600. The highest BCUT2D eigenvalue weighted by Gasteiger charge is 2.27. The van der Waals surface area contributed by atoms with Crippen LogP contribution < -0.4 is 11.1 Å². The zero-order chi connectivity index (χ0) is 21.0. The molecule has 1 heterocycles. The summed E-state index contributed by atoms with van der Waals surface area (Å²) in [6.07, 6.45) is 1.74. The maximum absolute atomic E-state index is 13.0. The number of primary amides is 1. The third kappa shape index (κ3) is 4.76. The van der Waals surface area contributed by atoms with Gasteiger partial charge in [0.05, 0.1) is 5.56 Å². The lowest BCUT2D eigenvalue weighted by atomic mass is 9.99. The Kier molecular flexibility index (Phi) is 5.87. The molecule has 3 rings (SSSR count). The van der Waals surface area contributed by atoms with Gasteiger partial charge in [0.1, 0.15) is 11.7 Å². The number of carbonyl (C=O) groups is 3. The number of Topliss-reactive ketones (excluding diaryl/α,β-unsaturated/α-hetero) is 1. The summed E-state index contributed by atoms with van der Waals surface area (Å²) < 4.78 is 1.53. The molecule has 148 valence electrons. The standard InChI is InChI=1S/C22H22N4O3/c1-14-7-6-8-15(11-14)12-18(20(27)21(23)28)24-22(29)17-13-26(2)25-19(17)16-9-4-3-5-10-16/h3-11,13,18H,12H2,1-2H3,(H2,23,28)(H,24,29). The average Bonchev–Trinajstić information content (AvgIpc) is 3.09. The van der Waals surface area contributed by atoms with Gasteiger partial charge in [0.25, 0.3) is 11.8 Å². The molecule has 3 aromatic rings. The fraction of sp³-hybridized carbons (Fsp3) is 0.182. The minimum absolute atomic E-state index is 0.163. The molecule has 1 atom stereocenters. The molecule has 0 saturated heterocycles. The molecule has 7 heteroatoms. The van der Waals surface area contributed by atoms with E-state index in [1.807, 2.05) is 61.5 Å². The molecule has 1 unspecified atom stereocenters. The Morgan fingerprint density at radius 3 is 2.48 bits per heavy atom. The van der Waals surface area contributed by atoms with Crippen LogP contribution in [0.4, 0.5) is 0 Å². The number of aromatic nitrogens is 2.